The van der Waals surface area contributed by atoms with Crippen molar-refractivity contribution in [3.8, 4) is 0 Å². The van der Waals surface area contributed by atoms with Crippen LogP contribution in [0.3, 0.4) is 0 Å². The second-order valence-electron chi connectivity index (χ2n) is 7.36. The lowest BCUT2D eigenvalue weighted by molar-refractivity contribution is -0.141. The van der Waals surface area contributed by atoms with Crippen molar-refractivity contribution in [2.75, 3.05) is 20.1 Å². The van der Waals surface area contributed by atoms with Crippen LogP contribution < -0.4 is 0 Å². The highest BCUT2D eigenvalue weighted by atomic mass is 32.2. The predicted octanol–water partition coefficient (Wildman–Crippen LogP) is 1.85. The van der Waals surface area contributed by atoms with Gasteiger partial charge in [-0.1, -0.05) is 31.0 Å². The van der Waals surface area contributed by atoms with Crippen LogP contribution in [0, 0.1) is 5.92 Å². The van der Waals surface area contributed by atoms with E-state index < -0.39 is 16.1 Å². The van der Waals surface area contributed by atoms with Gasteiger partial charge in [-0.05, 0) is 37.8 Å². The molecule has 2 atom stereocenters. The average molecular weight is 381 g/mol. The number of carbonyl (C=O) groups is 1. The maximum atomic E-state index is 12.8. The largest absolute Gasteiger partial charge is 0.391 e. The lowest BCUT2D eigenvalue weighted by atomic mass is 9.89. The van der Waals surface area contributed by atoms with Gasteiger partial charge >= 0.3 is 0 Å². The van der Waals surface area contributed by atoms with E-state index in [1.54, 1.807) is 42.3 Å². The SMILES string of the molecule is CN(C(=O)C1CCN(S(=O)(=O)c2ccccc2)CC1)[C@@H]1CCCC[C@H]1O. The fraction of sp³-hybridized carbons (Fsp3) is 0.632. The molecule has 0 unspecified atom stereocenters. The molecule has 1 amide bonds. The number of aliphatic hydroxyl groups excluding tert-OH is 1. The standard InChI is InChI=1S/C19H28N2O4S/c1-20(17-9-5-6-10-18(17)22)19(23)15-11-13-21(14-12-15)26(24,25)16-7-3-2-4-8-16/h2-4,7-8,15,17-18,22H,5-6,9-14H2,1H3/t17-,18-/m1/s1. The quantitative estimate of drug-likeness (QED) is 0.865. The number of hydrogen-bond acceptors (Lipinski definition) is 4. The van der Waals surface area contributed by atoms with Crippen molar-refractivity contribution < 1.29 is 18.3 Å². The van der Waals surface area contributed by atoms with Gasteiger partial charge in [0.2, 0.25) is 15.9 Å². The zero-order valence-corrected chi connectivity index (χ0v) is 16.1. The molecule has 1 aromatic rings. The van der Waals surface area contributed by atoms with Crippen molar-refractivity contribution in [1.29, 1.82) is 0 Å². The molecule has 0 radical (unpaired) electrons. The first-order chi connectivity index (χ1) is 12.4. The van der Waals surface area contributed by atoms with E-state index in [4.69, 9.17) is 0 Å². The summed E-state index contributed by atoms with van der Waals surface area (Å²) in [6.45, 7) is 0.712. The molecular formula is C19H28N2O4S. The number of piperidine rings is 1. The van der Waals surface area contributed by atoms with Gasteiger partial charge in [-0.15, -0.1) is 0 Å². The van der Waals surface area contributed by atoms with Gasteiger partial charge in [-0.2, -0.15) is 4.31 Å². The maximum Gasteiger partial charge on any atom is 0.243 e. The van der Waals surface area contributed by atoms with Gasteiger partial charge in [-0.25, -0.2) is 8.42 Å². The van der Waals surface area contributed by atoms with Crippen LogP contribution in [-0.4, -0.2) is 60.9 Å². The lowest BCUT2D eigenvalue weighted by Gasteiger charge is -2.38. The zero-order valence-electron chi connectivity index (χ0n) is 15.3. The highest BCUT2D eigenvalue weighted by Crippen LogP contribution is 2.28. The number of amides is 1. The molecule has 144 valence electrons. The highest BCUT2D eigenvalue weighted by Gasteiger charge is 2.36. The Bertz CT molecular complexity index is 714. The second kappa shape index (κ2) is 8.06. The summed E-state index contributed by atoms with van der Waals surface area (Å²) in [4.78, 5) is 14.8. The Morgan fingerprint density at radius 3 is 2.31 bits per heavy atom. The van der Waals surface area contributed by atoms with Crippen LogP contribution in [0.25, 0.3) is 0 Å². The van der Waals surface area contributed by atoms with Crippen LogP contribution in [0.2, 0.25) is 0 Å². The topological polar surface area (TPSA) is 77.9 Å². The van der Waals surface area contributed by atoms with E-state index in [9.17, 15) is 18.3 Å². The molecule has 1 aromatic carbocycles. The molecule has 1 aliphatic heterocycles. The van der Waals surface area contributed by atoms with Gasteiger partial charge < -0.3 is 10.0 Å². The van der Waals surface area contributed by atoms with Gasteiger partial charge in [0, 0.05) is 26.1 Å². The van der Waals surface area contributed by atoms with Crippen molar-refractivity contribution in [2.24, 2.45) is 5.92 Å². The summed E-state index contributed by atoms with van der Waals surface area (Å²) in [5.74, 6) is -0.135. The smallest absolute Gasteiger partial charge is 0.243 e. The molecule has 2 fully saturated rings. The van der Waals surface area contributed by atoms with Crippen LogP contribution in [0.5, 0.6) is 0 Å². The summed E-state index contributed by atoms with van der Waals surface area (Å²) in [5.41, 5.74) is 0. The first-order valence-corrected chi connectivity index (χ1v) is 10.8. The number of aliphatic hydroxyl groups is 1. The summed E-state index contributed by atoms with van der Waals surface area (Å²) >= 11 is 0. The van der Waals surface area contributed by atoms with Crippen molar-refractivity contribution in [2.45, 2.75) is 55.6 Å². The zero-order chi connectivity index (χ0) is 18.7. The second-order valence-corrected chi connectivity index (χ2v) is 9.30. The number of nitrogens with zero attached hydrogens (tertiary/aromatic N) is 2. The minimum Gasteiger partial charge on any atom is -0.391 e. The van der Waals surface area contributed by atoms with Crippen LogP contribution in [0.15, 0.2) is 35.2 Å². The minimum absolute atomic E-state index is 0.0349. The molecule has 0 bridgehead atoms. The molecular weight excluding hydrogens is 352 g/mol. The molecule has 3 rings (SSSR count). The number of rotatable bonds is 4. The van der Waals surface area contributed by atoms with E-state index in [1.807, 2.05) is 0 Å². The van der Waals surface area contributed by atoms with Gasteiger partial charge in [-0.3, -0.25) is 4.79 Å². The minimum atomic E-state index is -3.49. The third kappa shape index (κ3) is 3.94. The molecule has 0 spiro atoms. The Labute approximate surface area is 155 Å². The normalized spacial score (nSPS) is 25.8. The average Bonchev–Trinajstić information content (AvgIpc) is 2.68. The fourth-order valence-corrected chi connectivity index (χ4v) is 5.57. The first-order valence-electron chi connectivity index (χ1n) is 9.41. The molecule has 1 heterocycles. The number of sulfonamides is 1. The molecule has 1 saturated heterocycles. The number of likely N-dealkylation sites (N-methyl/N-ethyl adjacent to an activating group) is 1. The molecule has 1 saturated carbocycles. The molecule has 26 heavy (non-hydrogen) atoms. The van der Waals surface area contributed by atoms with E-state index in [0.29, 0.717) is 30.8 Å². The molecule has 0 aromatic heterocycles. The molecule has 6 nitrogen and oxygen atoms in total. The predicted molar refractivity (Wildman–Crippen MR) is 99.0 cm³/mol. The first kappa shape index (κ1) is 19.3. The maximum absolute atomic E-state index is 12.8. The van der Waals surface area contributed by atoms with Gasteiger partial charge in [0.05, 0.1) is 17.0 Å². The van der Waals surface area contributed by atoms with E-state index in [0.717, 1.165) is 25.7 Å². The molecule has 2 aliphatic rings. The Hall–Kier alpha value is -1.44. The third-order valence-electron chi connectivity index (χ3n) is 5.72. The van der Waals surface area contributed by atoms with E-state index >= 15 is 0 Å². The summed E-state index contributed by atoms with van der Waals surface area (Å²) in [6, 6.07) is 8.32. The number of benzene rings is 1. The Balaban J connectivity index is 1.60. The van der Waals surface area contributed by atoms with Crippen LogP contribution in [-0.2, 0) is 14.8 Å². The van der Waals surface area contributed by atoms with Gasteiger partial charge in [0.15, 0.2) is 0 Å². The van der Waals surface area contributed by atoms with E-state index in [1.165, 1.54) is 4.31 Å². The lowest BCUT2D eigenvalue weighted by Crippen LogP contribution is -2.50. The van der Waals surface area contributed by atoms with Crippen molar-refractivity contribution >= 4 is 15.9 Å². The fourth-order valence-electron chi connectivity index (χ4n) is 4.08. The monoisotopic (exact) mass is 380 g/mol. The molecule has 1 aliphatic carbocycles. The van der Waals surface area contributed by atoms with E-state index in [2.05, 4.69) is 0 Å². The summed E-state index contributed by atoms with van der Waals surface area (Å²) in [7, 11) is -1.72. The van der Waals surface area contributed by atoms with Crippen molar-refractivity contribution in [1.82, 2.24) is 9.21 Å². The number of carbonyl (C=O) groups excluding carboxylic acids is 1. The summed E-state index contributed by atoms with van der Waals surface area (Å²) in [6.07, 6.45) is 4.23. The molecule has 7 heteroatoms. The summed E-state index contributed by atoms with van der Waals surface area (Å²) < 4.78 is 26.8. The number of hydrogen-bond donors (Lipinski definition) is 1. The highest BCUT2D eigenvalue weighted by molar-refractivity contribution is 7.89. The van der Waals surface area contributed by atoms with Crippen molar-refractivity contribution in [3.05, 3.63) is 30.3 Å². The Kier molecular flexibility index (Phi) is 5.99. The van der Waals surface area contributed by atoms with Crippen LogP contribution >= 0.6 is 0 Å². The Morgan fingerprint density at radius 2 is 1.69 bits per heavy atom. The van der Waals surface area contributed by atoms with Crippen LogP contribution in [0.4, 0.5) is 0 Å². The van der Waals surface area contributed by atoms with Gasteiger partial charge in [0.25, 0.3) is 0 Å². The van der Waals surface area contributed by atoms with E-state index in [-0.39, 0.29) is 17.9 Å². The third-order valence-corrected chi connectivity index (χ3v) is 7.64. The summed E-state index contributed by atoms with van der Waals surface area (Å²) in [5, 5.41) is 10.2. The van der Waals surface area contributed by atoms with Crippen molar-refractivity contribution in [3.63, 3.8) is 0 Å². The van der Waals surface area contributed by atoms with Gasteiger partial charge in [0.1, 0.15) is 0 Å². The molecule has 1 N–H and O–H groups in total. The Morgan fingerprint density at radius 1 is 1.08 bits per heavy atom. The van der Waals surface area contributed by atoms with Crippen LogP contribution in [0.1, 0.15) is 38.5 Å².